The predicted octanol–water partition coefficient (Wildman–Crippen LogP) is 0.787. The second-order valence-corrected chi connectivity index (χ2v) is 2.53. The van der Waals surface area contributed by atoms with Crippen molar-refractivity contribution in [1.29, 1.82) is 0 Å². The molecule has 4 nitrogen and oxygen atoms in total. The molecular weight excluding hydrogens is 203 g/mol. The maximum absolute atomic E-state index is 12.0. The first kappa shape index (κ1) is 10.4. The van der Waals surface area contributed by atoms with E-state index in [0.717, 1.165) is 0 Å². The van der Waals surface area contributed by atoms with Gasteiger partial charge in [0, 0.05) is 6.21 Å². The van der Waals surface area contributed by atoms with E-state index in [1.54, 1.807) is 0 Å². The summed E-state index contributed by atoms with van der Waals surface area (Å²) < 4.78 is 36.1. The van der Waals surface area contributed by atoms with Gasteiger partial charge in [-0.05, 0) is 6.08 Å². The molecule has 0 spiro atoms. The van der Waals surface area contributed by atoms with Crippen LogP contribution in [0.3, 0.4) is 0 Å². The van der Waals surface area contributed by atoms with Crippen LogP contribution < -0.4 is 0 Å². The SMILES string of the molecule is O=C(O)C1C=C(C(F)(F)F)C=NC1=O. The average Bonchev–Trinajstić information content (AvgIpc) is 2.02. The molecule has 0 bridgehead atoms. The molecule has 0 radical (unpaired) electrons. The summed E-state index contributed by atoms with van der Waals surface area (Å²) in [5.41, 5.74) is -1.22. The highest BCUT2D eigenvalue weighted by molar-refractivity contribution is 6.07. The van der Waals surface area contributed by atoms with Crippen LogP contribution in [0.15, 0.2) is 16.6 Å². The number of nitrogens with zero attached hydrogens (tertiary/aromatic N) is 1. The normalized spacial score (nSPS) is 22.1. The molecule has 0 saturated carbocycles. The van der Waals surface area contributed by atoms with Crippen LogP contribution in [-0.4, -0.2) is 29.4 Å². The van der Waals surface area contributed by atoms with E-state index in [4.69, 9.17) is 5.11 Å². The van der Waals surface area contributed by atoms with Crippen LogP contribution in [0.2, 0.25) is 0 Å². The maximum Gasteiger partial charge on any atom is 0.417 e. The first-order valence-corrected chi connectivity index (χ1v) is 3.42. The minimum absolute atomic E-state index is 0.321. The van der Waals surface area contributed by atoms with Gasteiger partial charge in [0.1, 0.15) is 0 Å². The fraction of sp³-hybridized carbons (Fsp3) is 0.286. The highest BCUT2D eigenvalue weighted by atomic mass is 19.4. The minimum atomic E-state index is -4.68. The Morgan fingerprint density at radius 3 is 2.50 bits per heavy atom. The van der Waals surface area contributed by atoms with Gasteiger partial charge in [0.25, 0.3) is 5.91 Å². The highest BCUT2D eigenvalue weighted by Crippen LogP contribution is 2.27. The molecule has 0 saturated heterocycles. The summed E-state index contributed by atoms with van der Waals surface area (Å²) in [6.07, 6.45) is -4.02. The first-order valence-electron chi connectivity index (χ1n) is 3.42. The number of dihydropyridines is 1. The van der Waals surface area contributed by atoms with Crippen LogP contribution in [0.5, 0.6) is 0 Å². The Labute approximate surface area is 75.7 Å². The lowest BCUT2D eigenvalue weighted by Gasteiger charge is -2.13. The largest absolute Gasteiger partial charge is 0.480 e. The molecular formula is C7H4F3NO3. The number of aliphatic imine (C=N–C) groups is 1. The van der Waals surface area contributed by atoms with Crippen molar-refractivity contribution in [2.24, 2.45) is 10.9 Å². The van der Waals surface area contributed by atoms with Crippen molar-refractivity contribution >= 4 is 18.1 Å². The third-order valence-corrected chi connectivity index (χ3v) is 1.54. The van der Waals surface area contributed by atoms with Gasteiger partial charge in [-0.15, -0.1) is 0 Å². The van der Waals surface area contributed by atoms with Crippen LogP contribution in [-0.2, 0) is 9.59 Å². The molecule has 1 unspecified atom stereocenters. The van der Waals surface area contributed by atoms with Crippen molar-refractivity contribution in [3.63, 3.8) is 0 Å². The molecule has 1 amide bonds. The lowest BCUT2D eigenvalue weighted by molar-refractivity contribution is -0.144. The molecule has 1 atom stereocenters. The fourth-order valence-electron chi connectivity index (χ4n) is 0.852. The molecule has 0 aromatic heterocycles. The van der Waals surface area contributed by atoms with Gasteiger partial charge in [-0.2, -0.15) is 13.2 Å². The van der Waals surface area contributed by atoms with E-state index >= 15 is 0 Å². The quantitative estimate of drug-likeness (QED) is 0.646. The number of carboxylic acids is 1. The zero-order chi connectivity index (χ0) is 10.9. The van der Waals surface area contributed by atoms with Gasteiger partial charge < -0.3 is 5.11 Å². The Hall–Kier alpha value is -1.66. The molecule has 1 aliphatic rings. The van der Waals surface area contributed by atoms with Gasteiger partial charge in [-0.25, -0.2) is 4.99 Å². The van der Waals surface area contributed by atoms with Crippen molar-refractivity contribution in [1.82, 2.24) is 0 Å². The smallest absolute Gasteiger partial charge is 0.417 e. The molecule has 0 fully saturated rings. The summed E-state index contributed by atoms with van der Waals surface area (Å²) in [4.78, 5) is 23.9. The summed E-state index contributed by atoms with van der Waals surface area (Å²) in [5, 5.41) is 8.39. The second kappa shape index (κ2) is 3.24. The van der Waals surface area contributed by atoms with Crippen LogP contribution in [0.1, 0.15) is 0 Å². The number of hydrogen-bond acceptors (Lipinski definition) is 2. The molecule has 1 rings (SSSR count). The maximum atomic E-state index is 12.0. The predicted molar refractivity (Wildman–Crippen MR) is 38.8 cm³/mol. The molecule has 0 aliphatic carbocycles. The average molecular weight is 207 g/mol. The third-order valence-electron chi connectivity index (χ3n) is 1.54. The summed E-state index contributed by atoms with van der Waals surface area (Å²) in [6, 6.07) is 0. The monoisotopic (exact) mass is 207 g/mol. The number of amides is 1. The van der Waals surface area contributed by atoms with Crippen molar-refractivity contribution < 1.29 is 27.9 Å². The molecule has 0 aromatic rings. The molecule has 7 heteroatoms. The molecule has 1 N–H and O–H groups in total. The van der Waals surface area contributed by atoms with Gasteiger partial charge in [0.05, 0.1) is 5.57 Å². The van der Waals surface area contributed by atoms with E-state index in [-0.39, 0.29) is 0 Å². The molecule has 0 aromatic carbocycles. The Bertz CT molecular complexity index is 343. The molecule has 1 aliphatic heterocycles. The van der Waals surface area contributed by atoms with Crippen molar-refractivity contribution in [2.75, 3.05) is 0 Å². The Balaban J connectivity index is 3.03. The van der Waals surface area contributed by atoms with Crippen LogP contribution >= 0.6 is 0 Å². The summed E-state index contributed by atoms with van der Waals surface area (Å²) in [5.74, 6) is -4.59. The Morgan fingerprint density at radius 1 is 1.50 bits per heavy atom. The standard InChI is InChI=1S/C7H4F3NO3/c8-7(9,10)3-1-4(6(13)14)5(12)11-2-3/h1-2,4H,(H,13,14). The number of allylic oxidation sites excluding steroid dienone is 1. The van der Waals surface area contributed by atoms with E-state index in [2.05, 4.69) is 4.99 Å². The molecule has 1 heterocycles. The molecule has 76 valence electrons. The summed E-state index contributed by atoms with van der Waals surface area (Å²) in [6.45, 7) is 0. The zero-order valence-electron chi connectivity index (χ0n) is 6.58. The van der Waals surface area contributed by atoms with E-state index in [0.29, 0.717) is 12.3 Å². The fourth-order valence-corrected chi connectivity index (χ4v) is 0.852. The van der Waals surface area contributed by atoms with Crippen molar-refractivity contribution in [3.8, 4) is 0 Å². The number of carboxylic acid groups (broad SMARTS) is 1. The van der Waals surface area contributed by atoms with E-state index in [9.17, 15) is 22.8 Å². The van der Waals surface area contributed by atoms with Crippen LogP contribution in [0, 0.1) is 5.92 Å². The molecule has 14 heavy (non-hydrogen) atoms. The number of halogens is 3. The van der Waals surface area contributed by atoms with Gasteiger partial charge >= 0.3 is 12.1 Å². The van der Waals surface area contributed by atoms with Crippen LogP contribution in [0.4, 0.5) is 13.2 Å². The van der Waals surface area contributed by atoms with Crippen molar-refractivity contribution in [3.05, 3.63) is 11.6 Å². The lowest BCUT2D eigenvalue weighted by atomic mass is 10.0. The summed E-state index contributed by atoms with van der Waals surface area (Å²) in [7, 11) is 0. The second-order valence-electron chi connectivity index (χ2n) is 2.53. The van der Waals surface area contributed by atoms with E-state index in [1.165, 1.54) is 0 Å². The summed E-state index contributed by atoms with van der Waals surface area (Å²) >= 11 is 0. The minimum Gasteiger partial charge on any atom is -0.480 e. The van der Waals surface area contributed by atoms with Crippen LogP contribution in [0.25, 0.3) is 0 Å². The number of carbonyl (C=O) groups excluding carboxylic acids is 1. The highest BCUT2D eigenvalue weighted by Gasteiger charge is 2.38. The Kier molecular flexibility index (Phi) is 2.41. The number of aliphatic carboxylic acids is 1. The topological polar surface area (TPSA) is 66.7 Å². The Morgan fingerprint density at radius 2 is 2.07 bits per heavy atom. The third kappa shape index (κ3) is 1.98. The number of carbonyl (C=O) groups is 2. The van der Waals surface area contributed by atoms with Gasteiger partial charge in [-0.3, -0.25) is 9.59 Å². The number of rotatable bonds is 1. The van der Waals surface area contributed by atoms with Crippen molar-refractivity contribution in [2.45, 2.75) is 6.18 Å². The van der Waals surface area contributed by atoms with Gasteiger partial charge in [0.15, 0.2) is 5.92 Å². The van der Waals surface area contributed by atoms with Gasteiger partial charge in [-0.1, -0.05) is 0 Å². The van der Waals surface area contributed by atoms with Gasteiger partial charge in [0.2, 0.25) is 0 Å². The zero-order valence-corrected chi connectivity index (χ0v) is 6.58. The first-order chi connectivity index (χ1) is 6.32. The van der Waals surface area contributed by atoms with E-state index < -0.39 is 29.5 Å². The van der Waals surface area contributed by atoms with E-state index in [1.807, 2.05) is 0 Å². The lowest BCUT2D eigenvalue weighted by Crippen LogP contribution is -2.27. The number of alkyl halides is 3. The number of hydrogen-bond donors (Lipinski definition) is 1.